The van der Waals surface area contributed by atoms with Gasteiger partial charge in [0.05, 0.1) is 5.56 Å². The van der Waals surface area contributed by atoms with Crippen LogP contribution in [0.2, 0.25) is 0 Å². The standard InChI is InChI=1S/C8H8O3/c1-3-6-5(2)4-7(9)11-8(6)10/h3-4,10H,1H2,2H3. The molecule has 1 aromatic rings. The summed E-state index contributed by atoms with van der Waals surface area (Å²) in [5, 5.41) is 9.03. The predicted octanol–water partition coefficient (Wildman–Crippen LogP) is 1.30. The van der Waals surface area contributed by atoms with E-state index in [1.807, 2.05) is 0 Å². The third kappa shape index (κ3) is 1.32. The van der Waals surface area contributed by atoms with Crippen molar-refractivity contribution in [3.05, 3.63) is 34.2 Å². The molecule has 0 bridgehead atoms. The molecule has 0 unspecified atom stereocenters. The van der Waals surface area contributed by atoms with E-state index in [4.69, 9.17) is 5.11 Å². The zero-order valence-electron chi connectivity index (χ0n) is 6.13. The Bertz CT molecular complexity index is 309. The van der Waals surface area contributed by atoms with Gasteiger partial charge in [-0.15, -0.1) is 0 Å². The van der Waals surface area contributed by atoms with E-state index in [0.29, 0.717) is 11.1 Å². The minimum Gasteiger partial charge on any atom is -0.480 e. The topological polar surface area (TPSA) is 50.4 Å². The van der Waals surface area contributed by atoms with Crippen molar-refractivity contribution in [1.29, 1.82) is 0 Å². The van der Waals surface area contributed by atoms with E-state index in [9.17, 15) is 4.79 Å². The average molecular weight is 152 g/mol. The van der Waals surface area contributed by atoms with E-state index in [0.717, 1.165) is 0 Å². The highest BCUT2D eigenvalue weighted by Gasteiger charge is 2.03. The van der Waals surface area contributed by atoms with E-state index >= 15 is 0 Å². The summed E-state index contributed by atoms with van der Waals surface area (Å²) in [6.07, 6.45) is 1.44. The molecule has 0 atom stereocenters. The molecule has 0 radical (unpaired) electrons. The van der Waals surface area contributed by atoms with E-state index in [1.54, 1.807) is 6.92 Å². The molecule has 1 aromatic heterocycles. The van der Waals surface area contributed by atoms with Crippen LogP contribution in [-0.4, -0.2) is 5.11 Å². The van der Waals surface area contributed by atoms with Gasteiger partial charge in [0, 0.05) is 6.07 Å². The van der Waals surface area contributed by atoms with E-state index in [1.165, 1.54) is 12.1 Å². The van der Waals surface area contributed by atoms with Crippen molar-refractivity contribution in [1.82, 2.24) is 0 Å². The Kier molecular flexibility index (Phi) is 1.81. The third-order valence-electron chi connectivity index (χ3n) is 1.39. The Hall–Kier alpha value is -1.51. The molecule has 0 fully saturated rings. The van der Waals surface area contributed by atoms with Gasteiger partial charge < -0.3 is 9.52 Å². The van der Waals surface area contributed by atoms with Crippen LogP contribution in [0.3, 0.4) is 0 Å². The first-order valence-corrected chi connectivity index (χ1v) is 3.11. The Morgan fingerprint density at radius 3 is 2.82 bits per heavy atom. The van der Waals surface area contributed by atoms with Gasteiger partial charge in [-0.05, 0) is 12.5 Å². The molecule has 1 rings (SSSR count). The highest BCUT2D eigenvalue weighted by molar-refractivity contribution is 5.54. The number of rotatable bonds is 1. The summed E-state index contributed by atoms with van der Waals surface area (Å²) in [4.78, 5) is 10.6. The van der Waals surface area contributed by atoms with Crippen molar-refractivity contribution in [3.8, 4) is 5.95 Å². The Morgan fingerprint density at radius 2 is 2.36 bits per heavy atom. The first-order chi connectivity index (χ1) is 5.15. The van der Waals surface area contributed by atoms with Crippen molar-refractivity contribution in [2.24, 2.45) is 0 Å². The highest BCUT2D eigenvalue weighted by atomic mass is 16.5. The molecule has 3 nitrogen and oxygen atoms in total. The maximum absolute atomic E-state index is 10.6. The van der Waals surface area contributed by atoms with Gasteiger partial charge in [0.1, 0.15) is 0 Å². The van der Waals surface area contributed by atoms with Crippen LogP contribution in [-0.2, 0) is 0 Å². The fraction of sp³-hybridized carbons (Fsp3) is 0.125. The second kappa shape index (κ2) is 2.62. The molecule has 0 saturated carbocycles. The number of hydrogen-bond donors (Lipinski definition) is 1. The minimum absolute atomic E-state index is 0.370. The predicted molar refractivity (Wildman–Crippen MR) is 41.5 cm³/mol. The van der Waals surface area contributed by atoms with Crippen LogP contribution in [0, 0.1) is 6.92 Å². The zero-order valence-corrected chi connectivity index (χ0v) is 6.13. The SMILES string of the molecule is C=Cc1c(C)cc(=O)oc1O. The summed E-state index contributed by atoms with van der Waals surface area (Å²) in [6, 6.07) is 1.30. The second-order valence-electron chi connectivity index (χ2n) is 2.17. The van der Waals surface area contributed by atoms with Gasteiger partial charge in [-0.25, -0.2) is 4.79 Å². The van der Waals surface area contributed by atoms with Crippen molar-refractivity contribution in [3.63, 3.8) is 0 Å². The molecule has 0 aliphatic heterocycles. The molecule has 0 aliphatic rings. The molecular weight excluding hydrogens is 144 g/mol. The van der Waals surface area contributed by atoms with Crippen molar-refractivity contribution >= 4 is 6.08 Å². The summed E-state index contributed by atoms with van der Waals surface area (Å²) >= 11 is 0. The maximum Gasteiger partial charge on any atom is 0.338 e. The quantitative estimate of drug-likeness (QED) is 0.659. The van der Waals surface area contributed by atoms with E-state index in [2.05, 4.69) is 11.0 Å². The van der Waals surface area contributed by atoms with Crippen LogP contribution >= 0.6 is 0 Å². The third-order valence-corrected chi connectivity index (χ3v) is 1.39. The molecule has 1 N–H and O–H groups in total. The summed E-state index contributed by atoms with van der Waals surface area (Å²) in [5.74, 6) is -0.370. The van der Waals surface area contributed by atoms with Gasteiger partial charge in [-0.3, -0.25) is 0 Å². The molecule has 0 spiro atoms. The van der Waals surface area contributed by atoms with Crippen molar-refractivity contribution in [2.45, 2.75) is 6.92 Å². The second-order valence-corrected chi connectivity index (χ2v) is 2.17. The first-order valence-electron chi connectivity index (χ1n) is 3.11. The lowest BCUT2D eigenvalue weighted by Crippen LogP contribution is -1.98. The maximum atomic E-state index is 10.6. The van der Waals surface area contributed by atoms with E-state index in [-0.39, 0.29) is 5.95 Å². The van der Waals surface area contributed by atoms with Crippen LogP contribution < -0.4 is 5.63 Å². The van der Waals surface area contributed by atoms with E-state index < -0.39 is 5.63 Å². The smallest absolute Gasteiger partial charge is 0.338 e. The van der Waals surface area contributed by atoms with Crippen LogP contribution in [0.25, 0.3) is 6.08 Å². The lowest BCUT2D eigenvalue weighted by molar-refractivity contribution is 0.307. The summed E-state index contributed by atoms with van der Waals surface area (Å²) < 4.78 is 4.41. The molecule has 3 heteroatoms. The fourth-order valence-electron chi connectivity index (χ4n) is 0.851. The molecule has 0 saturated heterocycles. The average Bonchev–Trinajstić information content (AvgIpc) is 1.85. The van der Waals surface area contributed by atoms with Gasteiger partial charge >= 0.3 is 5.63 Å². The minimum atomic E-state index is -0.550. The molecule has 0 aromatic carbocycles. The van der Waals surface area contributed by atoms with Gasteiger partial charge in [-0.2, -0.15) is 0 Å². The normalized spacial score (nSPS) is 9.55. The van der Waals surface area contributed by atoms with Gasteiger partial charge in [0.25, 0.3) is 5.95 Å². The Morgan fingerprint density at radius 1 is 1.73 bits per heavy atom. The van der Waals surface area contributed by atoms with Gasteiger partial charge in [-0.1, -0.05) is 12.7 Å². The number of aryl methyl sites for hydroxylation is 1. The highest BCUT2D eigenvalue weighted by Crippen LogP contribution is 2.18. The fourth-order valence-corrected chi connectivity index (χ4v) is 0.851. The monoisotopic (exact) mass is 152 g/mol. The summed E-state index contributed by atoms with van der Waals surface area (Å²) in [6.45, 7) is 5.16. The summed E-state index contributed by atoms with van der Waals surface area (Å²) in [7, 11) is 0. The zero-order chi connectivity index (χ0) is 8.43. The Balaban J connectivity index is 3.48. The molecule has 1 heterocycles. The van der Waals surface area contributed by atoms with Gasteiger partial charge in [0.15, 0.2) is 0 Å². The Labute approximate surface area is 63.6 Å². The summed E-state index contributed by atoms with van der Waals surface area (Å²) in [5.41, 5.74) is 0.573. The van der Waals surface area contributed by atoms with Crippen molar-refractivity contribution < 1.29 is 9.52 Å². The largest absolute Gasteiger partial charge is 0.480 e. The number of hydrogen-bond acceptors (Lipinski definition) is 3. The van der Waals surface area contributed by atoms with Crippen LogP contribution in [0.15, 0.2) is 21.9 Å². The first kappa shape index (κ1) is 7.60. The van der Waals surface area contributed by atoms with Crippen LogP contribution in [0.4, 0.5) is 0 Å². The lowest BCUT2D eigenvalue weighted by atomic mass is 10.2. The lowest BCUT2D eigenvalue weighted by Gasteiger charge is -1.98. The van der Waals surface area contributed by atoms with Gasteiger partial charge in [0.2, 0.25) is 0 Å². The molecule has 58 valence electrons. The molecular formula is C8H8O3. The molecule has 11 heavy (non-hydrogen) atoms. The molecule has 0 aliphatic carbocycles. The van der Waals surface area contributed by atoms with Crippen LogP contribution in [0.1, 0.15) is 11.1 Å². The molecule has 0 amide bonds. The van der Waals surface area contributed by atoms with Crippen molar-refractivity contribution in [2.75, 3.05) is 0 Å². The number of aromatic hydroxyl groups is 1. The van der Waals surface area contributed by atoms with Crippen LogP contribution in [0.5, 0.6) is 5.95 Å².